The van der Waals surface area contributed by atoms with Gasteiger partial charge in [0.15, 0.2) is 5.03 Å². The monoisotopic (exact) mass is 498 g/mol. The smallest absolute Gasteiger partial charge is 0.253 e. The van der Waals surface area contributed by atoms with Crippen molar-refractivity contribution in [3.8, 4) is 5.88 Å². The Bertz CT molecular complexity index is 1380. The molecule has 3 heterocycles. The van der Waals surface area contributed by atoms with Gasteiger partial charge in [-0.25, -0.2) is 22.8 Å². The Labute approximate surface area is 203 Å². The minimum absolute atomic E-state index is 0.00241. The SMILES string of the molecule is CC1CN(c2nccc(S(=O)(=O)c3cccc(OCc4cccc(F)c4)n3)c2C(N)=O)C(C)(C)C1. The van der Waals surface area contributed by atoms with E-state index in [4.69, 9.17) is 10.5 Å². The molecule has 1 saturated heterocycles. The van der Waals surface area contributed by atoms with Gasteiger partial charge in [-0.15, -0.1) is 0 Å². The molecule has 0 bridgehead atoms. The second-order valence-corrected chi connectivity index (χ2v) is 11.2. The number of anilines is 1. The van der Waals surface area contributed by atoms with E-state index in [1.165, 1.54) is 42.6 Å². The third-order valence-corrected chi connectivity index (χ3v) is 7.70. The van der Waals surface area contributed by atoms with Crippen molar-refractivity contribution in [2.75, 3.05) is 11.4 Å². The van der Waals surface area contributed by atoms with Crippen LogP contribution in [0.25, 0.3) is 0 Å². The molecule has 0 spiro atoms. The zero-order chi connectivity index (χ0) is 25.4. The van der Waals surface area contributed by atoms with E-state index in [9.17, 15) is 17.6 Å². The van der Waals surface area contributed by atoms with Gasteiger partial charge in [-0.05, 0) is 56.0 Å². The lowest BCUT2D eigenvalue weighted by Crippen LogP contribution is -2.40. The second kappa shape index (κ2) is 9.26. The van der Waals surface area contributed by atoms with Crippen LogP contribution in [0.15, 0.2) is 64.6 Å². The van der Waals surface area contributed by atoms with Gasteiger partial charge in [0.2, 0.25) is 15.7 Å². The molecular weight excluding hydrogens is 471 g/mol. The molecule has 1 aromatic carbocycles. The summed E-state index contributed by atoms with van der Waals surface area (Å²) >= 11 is 0. The first kappa shape index (κ1) is 24.6. The van der Waals surface area contributed by atoms with Crippen molar-refractivity contribution in [1.82, 2.24) is 9.97 Å². The number of nitrogens with zero attached hydrogens (tertiary/aromatic N) is 3. The van der Waals surface area contributed by atoms with E-state index in [1.54, 1.807) is 12.1 Å². The first-order valence-electron chi connectivity index (χ1n) is 11.1. The van der Waals surface area contributed by atoms with Gasteiger partial charge in [0.05, 0.1) is 4.90 Å². The molecule has 2 aromatic heterocycles. The van der Waals surface area contributed by atoms with E-state index in [-0.39, 0.29) is 39.3 Å². The quantitative estimate of drug-likeness (QED) is 0.527. The predicted octanol–water partition coefficient (Wildman–Crippen LogP) is 3.75. The number of halogens is 1. The van der Waals surface area contributed by atoms with Crippen LogP contribution in [0, 0.1) is 11.7 Å². The lowest BCUT2D eigenvalue weighted by molar-refractivity contribution is 0.0997. The summed E-state index contributed by atoms with van der Waals surface area (Å²) in [4.78, 5) is 22.7. The van der Waals surface area contributed by atoms with Crippen LogP contribution in [0.4, 0.5) is 10.2 Å². The highest BCUT2D eigenvalue weighted by Gasteiger charge is 2.40. The van der Waals surface area contributed by atoms with Gasteiger partial charge in [-0.3, -0.25) is 4.79 Å². The van der Waals surface area contributed by atoms with Crippen LogP contribution in [0.1, 0.15) is 43.1 Å². The van der Waals surface area contributed by atoms with Gasteiger partial charge in [-0.2, -0.15) is 0 Å². The summed E-state index contributed by atoms with van der Waals surface area (Å²) in [5.74, 6) is -0.675. The summed E-state index contributed by atoms with van der Waals surface area (Å²) in [6.07, 6.45) is 2.22. The van der Waals surface area contributed by atoms with Crippen molar-refractivity contribution in [1.29, 1.82) is 0 Å². The van der Waals surface area contributed by atoms with Gasteiger partial charge >= 0.3 is 0 Å². The molecule has 35 heavy (non-hydrogen) atoms. The maximum absolute atomic E-state index is 13.6. The lowest BCUT2D eigenvalue weighted by atomic mass is 9.97. The van der Waals surface area contributed by atoms with Crippen molar-refractivity contribution in [2.45, 2.75) is 49.3 Å². The number of ether oxygens (including phenoxy) is 1. The van der Waals surface area contributed by atoms with Gasteiger partial charge in [0.1, 0.15) is 23.8 Å². The number of rotatable bonds is 7. The van der Waals surface area contributed by atoms with Crippen molar-refractivity contribution < 1.29 is 22.3 Å². The average molecular weight is 499 g/mol. The van der Waals surface area contributed by atoms with Crippen LogP contribution in [0.3, 0.4) is 0 Å². The topological polar surface area (TPSA) is 115 Å². The largest absolute Gasteiger partial charge is 0.473 e. The first-order valence-corrected chi connectivity index (χ1v) is 12.6. The summed E-state index contributed by atoms with van der Waals surface area (Å²) < 4.78 is 46.2. The van der Waals surface area contributed by atoms with Crippen LogP contribution in [0.5, 0.6) is 5.88 Å². The highest BCUT2D eigenvalue weighted by molar-refractivity contribution is 7.91. The molecule has 1 fully saturated rings. The highest BCUT2D eigenvalue weighted by Crippen LogP contribution is 2.39. The maximum atomic E-state index is 13.6. The summed E-state index contributed by atoms with van der Waals surface area (Å²) in [6.45, 7) is 6.75. The summed E-state index contributed by atoms with van der Waals surface area (Å²) in [7, 11) is -4.25. The van der Waals surface area contributed by atoms with E-state index in [2.05, 4.69) is 16.9 Å². The Morgan fingerprint density at radius 2 is 1.97 bits per heavy atom. The Hall–Kier alpha value is -3.53. The number of hydrogen-bond acceptors (Lipinski definition) is 7. The highest BCUT2D eigenvalue weighted by atomic mass is 32.2. The fraction of sp³-hybridized carbons (Fsp3) is 0.320. The zero-order valence-corrected chi connectivity index (χ0v) is 20.5. The molecule has 2 N–H and O–H groups in total. The molecule has 1 atom stereocenters. The number of primary amides is 1. The minimum atomic E-state index is -4.25. The van der Waals surface area contributed by atoms with Crippen LogP contribution in [-0.2, 0) is 16.4 Å². The maximum Gasteiger partial charge on any atom is 0.253 e. The van der Waals surface area contributed by atoms with E-state index >= 15 is 0 Å². The number of carbonyl (C=O) groups excluding carboxylic acids is 1. The Morgan fingerprint density at radius 1 is 1.23 bits per heavy atom. The van der Waals surface area contributed by atoms with Crippen molar-refractivity contribution >= 4 is 21.6 Å². The Morgan fingerprint density at radius 3 is 2.63 bits per heavy atom. The average Bonchev–Trinajstić information content (AvgIpc) is 3.09. The number of carbonyl (C=O) groups is 1. The van der Waals surface area contributed by atoms with Gasteiger partial charge in [-0.1, -0.05) is 25.1 Å². The number of amides is 1. The van der Waals surface area contributed by atoms with E-state index in [0.717, 1.165) is 6.42 Å². The van der Waals surface area contributed by atoms with Gasteiger partial charge in [0.25, 0.3) is 5.91 Å². The summed E-state index contributed by atoms with van der Waals surface area (Å²) in [5.41, 5.74) is 5.76. The third kappa shape index (κ3) is 4.97. The van der Waals surface area contributed by atoms with Gasteiger partial charge in [0, 0.05) is 24.3 Å². The van der Waals surface area contributed by atoms with Crippen molar-refractivity contribution in [3.05, 3.63) is 71.7 Å². The van der Waals surface area contributed by atoms with E-state index in [0.29, 0.717) is 18.0 Å². The molecule has 0 radical (unpaired) electrons. The van der Waals surface area contributed by atoms with Crippen LogP contribution in [-0.4, -0.2) is 36.4 Å². The van der Waals surface area contributed by atoms with Crippen LogP contribution in [0.2, 0.25) is 0 Å². The molecule has 3 aromatic rings. The number of hydrogen-bond donors (Lipinski definition) is 1. The lowest BCUT2D eigenvalue weighted by Gasteiger charge is -2.33. The third-order valence-electron chi connectivity index (χ3n) is 6.01. The van der Waals surface area contributed by atoms with Crippen LogP contribution < -0.4 is 15.4 Å². The number of pyridine rings is 2. The van der Waals surface area contributed by atoms with Gasteiger partial charge < -0.3 is 15.4 Å². The minimum Gasteiger partial charge on any atom is -0.473 e. The molecule has 8 nitrogen and oxygen atoms in total. The molecule has 1 aliphatic rings. The first-order chi connectivity index (χ1) is 16.5. The molecule has 184 valence electrons. The molecule has 1 amide bonds. The zero-order valence-electron chi connectivity index (χ0n) is 19.7. The molecule has 1 aliphatic heterocycles. The number of benzene rings is 1. The van der Waals surface area contributed by atoms with E-state index < -0.39 is 21.6 Å². The fourth-order valence-corrected chi connectivity index (χ4v) is 5.97. The molecular formula is C25H27FN4O4S. The second-order valence-electron chi connectivity index (χ2n) is 9.34. The standard InChI is InChI=1S/C25H27FN4O4S/c1-16-13-25(2,3)30(14-16)24-22(23(27)31)19(10-11-28-24)35(32,33)21-9-5-8-20(29-21)34-15-17-6-4-7-18(26)12-17/h4-12,16H,13-15H2,1-3H3,(H2,27,31). The molecule has 1 unspecified atom stereocenters. The van der Waals surface area contributed by atoms with Crippen LogP contribution >= 0.6 is 0 Å². The number of sulfone groups is 1. The predicted molar refractivity (Wildman–Crippen MR) is 128 cm³/mol. The fourth-order valence-electron chi connectivity index (χ4n) is 4.58. The number of nitrogens with two attached hydrogens (primary N) is 1. The van der Waals surface area contributed by atoms with E-state index in [1.807, 2.05) is 18.7 Å². The number of aromatic nitrogens is 2. The summed E-state index contributed by atoms with van der Waals surface area (Å²) in [6, 6.07) is 11.4. The molecule has 4 rings (SSSR count). The summed E-state index contributed by atoms with van der Waals surface area (Å²) in [5, 5.41) is -0.303. The Balaban J connectivity index is 1.71. The molecule has 10 heteroatoms. The Kier molecular flexibility index (Phi) is 6.50. The normalized spacial score (nSPS) is 17.4. The van der Waals surface area contributed by atoms with Crippen molar-refractivity contribution in [2.24, 2.45) is 11.7 Å². The molecule has 0 saturated carbocycles. The van der Waals surface area contributed by atoms with Crippen molar-refractivity contribution in [3.63, 3.8) is 0 Å². The molecule has 0 aliphatic carbocycles.